The molecule has 0 spiro atoms. The third kappa shape index (κ3) is 2.20. The minimum absolute atomic E-state index is 0.0761. The number of carboxylic acids is 1. The van der Waals surface area contributed by atoms with Gasteiger partial charge in [0.25, 0.3) is 0 Å². The normalized spacial score (nSPS) is 16.1. The first-order valence-corrected chi connectivity index (χ1v) is 6.61. The second-order valence-electron chi connectivity index (χ2n) is 5.38. The summed E-state index contributed by atoms with van der Waals surface area (Å²) >= 11 is 0. The quantitative estimate of drug-likeness (QED) is 0.925. The van der Waals surface area contributed by atoms with Gasteiger partial charge in [-0.1, -0.05) is 24.3 Å². The highest BCUT2D eigenvalue weighted by molar-refractivity contribution is 5.87. The molecule has 104 valence electrons. The predicted octanol–water partition coefficient (Wildman–Crippen LogP) is 1.81. The van der Waals surface area contributed by atoms with Gasteiger partial charge in [-0.3, -0.25) is 4.68 Å². The summed E-state index contributed by atoms with van der Waals surface area (Å²) < 4.78 is 1.61. The van der Waals surface area contributed by atoms with Crippen molar-refractivity contribution in [1.29, 1.82) is 0 Å². The number of likely N-dealkylation sites (tertiary alicyclic amines) is 1. The maximum Gasteiger partial charge on any atom is 0.356 e. The number of likely N-dealkylation sites (N-methyl/N-ethyl adjacent to an activating group) is 1. The molecule has 1 aromatic heterocycles. The van der Waals surface area contributed by atoms with E-state index in [0.29, 0.717) is 5.92 Å². The van der Waals surface area contributed by atoms with Crippen LogP contribution in [0.1, 0.15) is 22.0 Å². The van der Waals surface area contributed by atoms with Gasteiger partial charge in [-0.25, -0.2) is 4.79 Å². The van der Waals surface area contributed by atoms with Crippen molar-refractivity contribution in [3.63, 3.8) is 0 Å². The average Bonchev–Trinajstić information content (AvgIpc) is 2.78. The lowest BCUT2D eigenvalue weighted by Crippen LogP contribution is -2.41. The molecule has 2 heterocycles. The summed E-state index contributed by atoms with van der Waals surface area (Å²) in [6.45, 7) is 2.21. The van der Waals surface area contributed by atoms with E-state index in [-0.39, 0.29) is 5.69 Å². The van der Waals surface area contributed by atoms with Crippen LogP contribution in [0.5, 0.6) is 0 Å². The lowest BCUT2D eigenvalue weighted by Gasteiger charge is -2.36. The first kappa shape index (κ1) is 12.9. The monoisotopic (exact) mass is 271 g/mol. The van der Waals surface area contributed by atoms with Crippen molar-refractivity contribution in [3.05, 3.63) is 41.6 Å². The molecule has 0 bridgehead atoms. The second kappa shape index (κ2) is 4.76. The van der Waals surface area contributed by atoms with Crippen LogP contribution in [0, 0.1) is 0 Å². The molecule has 1 aliphatic heterocycles. The van der Waals surface area contributed by atoms with E-state index in [9.17, 15) is 4.79 Å². The fourth-order valence-electron chi connectivity index (χ4n) is 2.68. The van der Waals surface area contributed by atoms with Crippen LogP contribution in [-0.4, -0.2) is 45.9 Å². The Labute approximate surface area is 117 Å². The van der Waals surface area contributed by atoms with Gasteiger partial charge in [0.2, 0.25) is 0 Å². The highest BCUT2D eigenvalue weighted by atomic mass is 16.4. The molecule has 2 aromatic rings. The third-order valence-electron chi connectivity index (χ3n) is 3.84. The molecule has 0 radical (unpaired) electrons. The van der Waals surface area contributed by atoms with Crippen LogP contribution < -0.4 is 0 Å². The standard InChI is InChI=1S/C15H17N3O2/c1-17-8-12(9-17)10-3-5-11(6-4-10)14-7-13(15(19)20)16-18(14)2/h3-7,12H,8-9H2,1-2H3,(H,19,20). The number of rotatable bonds is 3. The summed E-state index contributed by atoms with van der Waals surface area (Å²) in [5, 5.41) is 13.0. The smallest absolute Gasteiger partial charge is 0.356 e. The Kier molecular flexibility index (Phi) is 3.06. The lowest BCUT2D eigenvalue weighted by molar-refractivity contribution is 0.0689. The average molecular weight is 271 g/mol. The van der Waals surface area contributed by atoms with E-state index >= 15 is 0 Å². The molecule has 1 saturated heterocycles. The SMILES string of the molecule is CN1CC(c2ccc(-c3cc(C(=O)O)nn3C)cc2)C1. The summed E-state index contributed by atoms with van der Waals surface area (Å²) in [5.41, 5.74) is 3.23. The summed E-state index contributed by atoms with van der Waals surface area (Å²) in [6.07, 6.45) is 0. The number of carbonyl (C=O) groups is 1. The zero-order valence-corrected chi connectivity index (χ0v) is 11.6. The maximum atomic E-state index is 10.9. The van der Waals surface area contributed by atoms with Crippen LogP contribution in [0.25, 0.3) is 11.3 Å². The molecule has 20 heavy (non-hydrogen) atoms. The van der Waals surface area contributed by atoms with Crippen molar-refractivity contribution in [2.24, 2.45) is 7.05 Å². The molecule has 0 atom stereocenters. The first-order chi connectivity index (χ1) is 9.54. The Balaban J connectivity index is 1.85. The van der Waals surface area contributed by atoms with Gasteiger partial charge >= 0.3 is 5.97 Å². The number of carboxylic acid groups (broad SMARTS) is 1. The zero-order valence-electron chi connectivity index (χ0n) is 11.6. The van der Waals surface area contributed by atoms with Crippen molar-refractivity contribution >= 4 is 5.97 Å². The molecule has 3 rings (SSSR count). The molecule has 0 saturated carbocycles. The molecule has 5 nitrogen and oxygen atoms in total. The number of benzene rings is 1. The number of aryl methyl sites for hydroxylation is 1. The zero-order chi connectivity index (χ0) is 14.3. The van der Waals surface area contributed by atoms with Crippen LogP contribution >= 0.6 is 0 Å². The highest BCUT2D eigenvalue weighted by Crippen LogP contribution is 2.28. The Hall–Kier alpha value is -2.14. The molecule has 5 heteroatoms. The van der Waals surface area contributed by atoms with E-state index < -0.39 is 5.97 Å². The predicted molar refractivity (Wildman–Crippen MR) is 75.8 cm³/mol. The molecule has 0 unspecified atom stereocenters. The van der Waals surface area contributed by atoms with E-state index in [1.54, 1.807) is 17.8 Å². The molecule has 1 aliphatic rings. The summed E-state index contributed by atoms with van der Waals surface area (Å²) in [6, 6.07) is 9.93. The van der Waals surface area contributed by atoms with Gasteiger partial charge in [-0.05, 0) is 24.2 Å². The van der Waals surface area contributed by atoms with E-state index in [1.165, 1.54) is 5.56 Å². The van der Waals surface area contributed by atoms with Gasteiger partial charge in [0.15, 0.2) is 5.69 Å². The van der Waals surface area contributed by atoms with Gasteiger partial charge in [0.05, 0.1) is 5.69 Å². The van der Waals surface area contributed by atoms with Crippen LogP contribution in [-0.2, 0) is 7.05 Å². The van der Waals surface area contributed by atoms with Gasteiger partial charge in [0, 0.05) is 26.1 Å². The lowest BCUT2D eigenvalue weighted by atomic mass is 9.91. The molecule has 1 aromatic carbocycles. The Bertz CT molecular complexity index is 640. The number of nitrogens with zero attached hydrogens (tertiary/aromatic N) is 3. The van der Waals surface area contributed by atoms with Gasteiger partial charge in [-0.2, -0.15) is 5.10 Å². The summed E-state index contributed by atoms with van der Waals surface area (Å²) in [5.74, 6) is -0.379. The summed E-state index contributed by atoms with van der Waals surface area (Å²) in [4.78, 5) is 13.2. The molecule has 1 N–H and O–H groups in total. The van der Waals surface area contributed by atoms with E-state index in [4.69, 9.17) is 5.11 Å². The Morgan fingerprint density at radius 2 is 1.90 bits per heavy atom. The molecule has 0 aliphatic carbocycles. The van der Waals surface area contributed by atoms with Crippen molar-refractivity contribution in [3.8, 4) is 11.3 Å². The van der Waals surface area contributed by atoms with Crippen LogP contribution in [0.15, 0.2) is 30.3 Å². The number of aromatic carboxylic acids is 1. The van der Waals surface area contributed by atoms with E-state index in [0.717, 1.165) is 24.3 Å². The first-order valence-electron chi connectivity index (χ1n) is 6.61. The third-order valence-corrected chi connectivity index (χ3v) is 3.84. The maximum absolute atomic E-state index is 10.9. The minimum atomic E-state index is -0.999. The van der Waals surface area contributed by atoms with Crippen molar-refractivity contribution in [2.75, 3.05) is 20.1 Å². The van der Waals surface area contributed by atoms with E-state index in [2.05, 4.69) is 29.2 Å². The largest absolute Gasteiger partial charge is 0.476 e. The van der Waals surface area contributed by atoms with Crippen LogP contribution in [0.4, 0.5) is 0 Å². The molecular weight excluding hydrogens is 254 g/mol. The highest BCUT2D eigenvalue weighted by Gasteiger charge is 2.24. The number of aromatic nitrogens is 2. The molecular formula is C15H17N3O2. The van der Waals surface area contributed by atoms with Gasteiger partial charge in [-0.15, -0.1) is 0 Å². The Morgan fingerprint density at radius 1 is 1.25 bits per heavy atom. The van der Waals surface area contributed by atoms with Crippen LogP contribution in [0.2, 0.25) is 0 Å². The van der Waals surface area contributed by atoms with E-state index in [1.807, 2.05) is 12.1 Å². The van der Waals surface area contributed by atoms with Crippen molar-refractivity contribution in [2.45, 2.75) is 5.92 Å². The van der Waals surface area contributed by atoms with Gasteiger partial charge in [0.1, 0.15) is 0 Å². The molecule has 0 amide bonds. The number of hydrogen-bond donors (Lipinski definition) is 1. The fraction of sp³-hybridized carbons (Fsp3) is 0.333. The molecule has 1 fully saturated rings. The number of hydrogen-bond acceptors (Lipinski definition) is 3. The fourth-order valence-corrected chi connectivity index (χ4v) is 2.68. The summed E-state index contributed by atoms with van der Waals surface area (Å²) in [7, 11) is 3.88. The van der Waals surface area contributed by atoms with Crippen molar-refractivity contribution in [1.82, 2.24) is 14.7 Å². The van der Waals surface area contributed by atoms with Gasteiger partial charge < -0.3 is 10.0 Å². The van der Waals surface area contributed by atoms with Crippen molar-refractivity contribution < 1.29 is 9.90 Å². The minimum Gasteiger partial charge on any atom is -0.476 e. The Morgan fingerprint density at radius 3 is 2.40 bits per heavy atom. The van der Waals surface area contributed by atoms with Crippen LogP contribution in [0.3, 0.4) is 0 Å². The second-order valence-corrected chi connectivity index (χ2v) is 5.38. The topological polar surface area (TPSA) is 58.4 Å².